The van der Waals surface area contributed by atoms with E-state index in [4.69, 9.17) is 5.73 Å². The highest BCUT2D eigenvalue weighted by Crippen LogP contribution is 2.27. The van der Waals surface area contributed by atoms with Crippen LogP contribution in [-0.4, -0.2) is 54.5 Å². The van der Waals surface area contributed by atoms with Crippen molar-refractivity contribution in [1.82, 2.24) is 9.80 Å². The number of carbonyl (C=O) groups excluding carboxylic acids is 1. The van der Waals surface area contributed by atoms with Crippen LogP contribution >= 0.6 is 0 Å². The monoisotopic (exact) mass is 288 g/mol. The van der Waals surface area contributed by atoms with Crippen molar-refractivity contribution in [3.8, 4) is 0 Å². The fourth-order valence-electron chi connectivity index (χ4n) is 2.91. The Labute approximate surface area is 126 Å². The van der Waals surface area contributed by atoms with Crippen LogP contribution in [0.1, 0.15) is 18.4 Å². The molecule has 1 aromatic carbocycles. The Bertz CT molecular complexity index is 493. The molecule has 0 aromatic heterocycles. The highest BCUT2D eigenvalue weighted by molar-refractivity contribution is 5.92. The van der Waals surface area contributed by atoms with E-state index < -0.39 is 0 Å². The van der Waals surface area contributed by atoms with Gasteiger partial charge in [0.15, 0.2) is 0 Å². The van der Waals surface area contributed by atoms with Gasteiger partial charge in [-0.05, 0) is 30.5 Å². The average Bonchev–Trinajstić information content (AvgIpc) is 3.33. The predicted molar refractivity (Wildman–Crippen MR) is 84.0 cm³/mol. The normalized spacial score (nSPS) is 20.4. The molecule has 0 radical (unpaired) electrons. The molecule has 0 unspecified atom stereocenters. The molecule has 2 fully saturated rings. The standard InChI is InChI=1S/C16H24N4O/c17-11-13-2-1-3-14(10-13)18-16(21)12-19-6-8-20(9-7-19)15-4-5-15/h1-3,10,15H,4-9,11-12,17H2,(H,18,21). The summed E-state index contributed by atoms with van der Waals surface area (Å²) < 4.78 is 0. The Morgan fingerprint density at radius 2 is 2.00 bits per heavy atom. The van der Waals surface area contributed by atoms with Crippen LogP contribution in [-0.2, 0) is 11.3 Å². The van der Waals surface area contributed by atoms with Gasteiger partial charge in [-0.1, -0.05) is 12.1 Å². The van der Waals surface area contributed by atoms with E-state index in [2.05, 4.69) is 15.1 Å². The van der Waals surface area contributed by atoms with Crippen molar-refractivity contribution in [3.63, 3.8) is 0 Å². The highest BCUT2D eigenvalue weighted by atomic mass is 16.2. The first kappa shape index (κ1) is 14.5. The number of benzene rings is 1. The lowest BCUT2D eigenvalue weighted by atomic mass is 10.2. The molecular formula is C16H24N4O. The van der Waals surface area contributed by atoms with Gasteiger partial charge in [0.05, 0.1) is 6.54 Å². The van der Waals surface area contributed by atoms with Gasteiger partial charge >= 0.3 is 0 Å². The number of carbonyl (C=O) groups is 1. The van der Waals surface area contributed by atoms with Crippen molar-refractivity contribution >= 4 is 11.6 Å². The molecule has 5 heteroatoms. The average molecular weight is 288 g/mol. The van der Waals surface area contributed by atoms with E-state index in [1.165, 1.54) is 12.8 Å². The van der Waals surface area contributed by atoms with Crippen LogP contribution < -0.4 is 11.1 Å². The second-order valence-electron chi connectivity index (χ2n) is 6.00. The minimum Gasteiger partial charge on any atom is -0.326 e. The van der Waals surface area contributed by atoms with E-state index in [1.807, 2.05) is 24.3 Å². The molecule has 3 N–H and O–H groups in total. The van der Waals surface area contributed by atoms with Crippen molar-refractivity contribution < 1.29 is 4.79 Å². The Morgan fingerprint density at radius 1 is 1.24 bits per heavy atom. The van der Waals surface area contributed by atoms with Crippen molar-refractivity contribution in [3.05, 3.63) is 29.8 Å². The summed E-state index contributed by atoms with van der Waals surface area (Å²) in [6, 6.07) is 8.56. The predicted octanol–water partition coefficient (Wildman–Crippen LogP) is 0.864. The van der Waals surface area contributed by atoms with Crippen LogP contribution in [0.2, 0.25) is 0 Å². The van der Waals surface area contributed by atoms with Gasteiger partial charge in [0, 0.05) is 44.5 Å². The molecule has 0 spiro atoms. The van der Waals surface area contributed by atoms with Crippen LogP contribution in [0.15, 0.2) is 24.3 Å². The zero-order valence-electron chi connectivity index (χ0n) is 12.4. The van der Waals surface area contributed by atoms with E-state index in [0.717, 1.165) is 43.5 Å². The third kappa shape index (κ3) is 4.03. The van der Waals surface area contributed by atoms with Crippen LogP contribution in [0, 0.1) is 0 Å². The summed E-state index contributed by atoms with van der Waals surface area (Å²) in [7, 11) is 0. The van der Waals surface area contributed by atoms with Crippen molar-refractivity contribution in [2.75, 3.05) is 38.0 Å². The van der Waals surface area contributed by atoms with Gasteiger partial charge in [-0.2, -0.15) is 0 Å². The number of amides is 1. The lowest BCUT2D eigenvalue weighted by Crippen LogP contribution is -2.49. The third-order valence-corrected chi connectivity index (χ3v) is 4.28. The second kappa shape index (κ2) is 6.56. The number of piperazine rings is 1. The van der Waals surface area contributed by atoms with Crippen LogP contribution in [0.5, 0.6) is 0 Å². The Hall–Kier alpha value is -1.43. The van der Waals surface area contributed by atoms with Gasteiger partial charge in [0.1, 0.15) is 0 Å². The maximum atomic E-state index is 12.1. The zero-order chi connectivity index (χ0) is 14.7. The molecule has 3 rings (SSSR count). The lowest BCUT2D eigenvalue weighted by Gasteiger charge is -2.34. The molecule has 1 amide bonds. The number of anilines is 1. The first-order chi connectivity index (χ1) is 10.2. The highest BCUT2D eigenvalue weighted by Gasteiger charge is 2.31. The summed E-state index contributed by atoms with van der Waals surface area (Å²) in [6.45, 7) is 5.15. The molecule has 1 saturated carbocycles. The van der Waals surface area contributed by atoms with E-state index in [1.54, 1.807) is 0 Å². The first-order valence-electron chi connectivity index (χ1n) is 7.80. The van der Waals surface area contributed by atoms with Gasteiger partial charge in [-0.3, -0.25) is 14.6 Å². The minimum absolute atomic E-state index is 0.0593. The lowest BCUT2D eigenvalue weighted by molar-refractivity contribution is -0.117. The number of nitrogens with zero attached hydrogens (tertiary/aromatic N) is 2. The Morgan fingerprint density at radius 3 is 2.67 bits per heavy atom. The van der Waals surface area contributed by atoms with Crippen LogP contribution in [0.4, 0.5) is 5.69 Å². The number of hydrogen-bond donors (Lipinski definition) is 2. The Balaban J connectivity index is 1.45. The van der Waals surface area contributed by atoms with Crippen LogP contribution in [0.25, 0.3) is 0 Å². The third-order valence-electron chi connectivity index (χ3n) is 4.28. The summed E-state index contributed by atoms with van der Waals surface area (Å²) in [5, 5.41) is 2.96. The molecule has 5 nitrogen and oxygen atoms in total. The molecule has 2 aliphatic rings. The minimum atomic E-state index is 0.0593. The molecule has 1 saturated heterocycles. The number of hydrogen-bond acceptors (Lipinski definition) is 4. The molecule has 0 bridgehead atoms. The summed E-state index contributed by atoms with van der Waals surface area (Å²) in [5.41, 5.74) is 7.48. The molecule has 1 aliphatic heterocycles. The topological polar surface area (TPSA) is 61.6 Å². The maximum absolute atomic E-state index is 12.1. The molecule has 1 heterocycles. The summed E-state index contributed by atoms with van der Waals surface area (Å²) in [4.78, 5) is 16.9. The summed E-state index contributed by atoms with van der Waals surface area (Å²) >= 11 is 0. The maximum Gasteiger partial charge on any atom is 0.238 e. The zero-order valence-corrected chi connectivity index (χ0v) is 12.4. The molecule has 21 heavy (non-hydrogen) atoms. The van der Waals surface area contributed by atoms with E-state index in [0.29, 0.717) is 13.1 Å². The summed E-state index contributed by atoms with van der Waals surface area (Å²) in [5.74, 6) is 0.0593. The molecule has 1 aromatic rings. The smallest absolute Gasteiger partial charge is 0.238 e. The van der Waals surface area contributed by atoms with Gasteiger partial charge in [-0.25, -0.2) is 0 Å². The van der Waals surface area contributed by atoms with Gasteiger partial charge in [-0.15, -0.1) is 0 Å². The van der Waals surface area contributed by atoms with Crippen molar-refractivity contribution in [1.29, 1.82) is 0 Å². The fourth-order valence-corrected chi connectivity index (χ4v) is 2.91. The van der Waals surface area contributed by atoms with Crippen LogP contribution in [0.3, 0.4) is 0 Å². The van der Waals surface area contributed by atoms with Gasteiger partial charge in [0.2, 0.25) is 5.91 Å². The first-order valence-corrected chi connectivity index (χ1v) is 7.80. The van der Waals surface area contributed by atoms with E-state index in [-0.39, 0.29) is 5.91 Å². The van der Waals surface area contributed by atoms with Crippen molar-refractivity contribution in [2.24, 2.45) is 5.73 Å². The number of nitrogens with one attached hydrogen (secondary N) is 1. The van der Waals surface area contributed by atoms with E-state index in [9.17, 15) is 4.79 Å². The van der Waals surface area contributed by atoms with Gasteiger partial charge in [0.25, 0.3) is 0 Å². The molecule has 0 atom stereocenters. The quantitative estimate of drug-likeness (QED) is 0.844. The largest absolute Gasteiger partial charge is 0.326 e. The van der Waals surface area contributed by atoms with Crippen molar-refractivity contribution in [2.45, 2.75) is 25.4 Å². The van der Waals surface area contributed by atoms with Gasteiger partial charge < -0.3 is 11.1 Å². The number of nitrogens with two attached hydrogens (primary N) is 1. The molecular weight excluding hydrogens is 264 g/mol. The van der Waals surface area contributed by atoms with E-state index >= 15 is 0 Å². The fraction of sp³-hybridized carbons (Fsp3) is 0.562. The SMILES string of the molecule is NCc1cccc(NC(=O)CN2CCN(C3CC3)CC2)c1. The molecule has 1 aliphatic carbocycles. The molecule has 114 valence electrons. The number of rotatable bonds is 5. The Kier molecular flexibility index (Phi) is 4.53. The second-order valence-corrected chi connectivity index (χ2v) is 6.00. The summed E-state index contributed by atoms with van der Waals surface area (Å²) in [6.07, 6.45) is 2.72.